The summed E-state index contributed by atoms with van der Waals surface area (Å²) in [7, 11) is 4.16. The third-order valence-electron chi connectivity index (χ3n) is 3.62. The minimum absolute atomic E-state index is 0.274. The first-order chi connectivity index (χ1) is 8.66. The van der Waals surface area contributed by atoms with E-state index in [0.717, 1.165) is 25.9 Å². The molecule has 1 aliphatic heterocycles. The second kappa shape index (κ2) is 5.96. The lowest BCUT2D eigenvalue weighted by molar-refractivity contribution is -0.130. The molecule has 0 radical (unpaired) electrons. The van der Waals surface area contributed by atoms with Gasteiger partial charge in [0.2, 0.25) is 5.91 Å². The maximum atomic E-state index is 12.1. The molecule has 0 bridgehead atoms. The maximum Gasteiger partial charge on any atom is 0.222 e. The van der Waals surface area contributed by atoms with Crippen molar-refractivity contribution in [2.75, 3.05) is 27.2 Å². The number of likely N-dealkylation sites (tertiary alicyclic amines) is 1. The highest BCUT2D eigenvalue weighted by Gasteiger charge is 2.26. The van der Waals surface area contributed by atoms with Gasteiger partial charge in [-0.2, -0.15) is 0 Å². The number of hydrogen-bond donors (Lipinski definition) is 0. The molecule has 1 aromatic rings. The van der Waals surface area contributed by atoms with Crippen molar-refractivity contribution < 1.29 is 4.79 Å². The Hall–Kier alpha value is -1.42. The molecule has 0 spiro atoms. The first kappa shape index (κ1) is 13.0. The molecule has 0 N–H and O–H groups in total. The van der Waals surface area contributed by atoms with Crippen LogP contribution in [0.3, 0.4) is 0 Å². The molecule has 1 atom stereocenters. The predicted octanol–water partition coefficient (Wildman–Crippen LogP) is 1.18. The van der Waals surface area contributed by atoms with E-state index in [4.69, 9.17) is 0 Å². The predicted molar refractivity (Wildman–Crippen MR) is 71.2 cm³/mol. The normalized spacial score (nSPS) is 19.5. The molecule has 4 heteroatoms. The second-order valence-corrected chi connectivity index (χ2v) is 5.10. The second-order valence-electron chi connectivity index (χ2n) is 5.10. The SMILES string of the molecule is CN(C)[C@H]1CCN(C(=O)CCc2ccncc2)C1. The lowest BCUT2D eigenvalue weighted by Gasteiger charge is -2.20. The Morgan fingerprint density at radius 1 is 1.44 bits per heavy atom. The van der Waals surface area contributed by atoms with Crippen LogP contribution in [0.2, 0.25) is 0 Å². The molecule has 1 saturated heterocycles. The van der Waals surface area contributed by atoms with Crippen LogP contribution in [-0.4, -0.2) is 53.9 Å². The highest BCUT2D eigenvalue weighted by molar-refractivity contribution is 5.76. The molecule has 0 saturated carbocycles. The fraction of sp³-hybridized carbons (Fsp3) is 0.571. The molecular weight excluding hydrogens is 226 g/mol. The van der Waals surface area contributed by atoms with E-state index in [1.807, 2.05) is 17.0 Å². The van der Waals surface area contributed by atoms with Gasteiger partial charge in [0.15, 0.2) is 0 Å². The van der Waals surface area contributed by atoms with Crippen LogP contribution in [0.4, 0.5) is 0 Å². The molecule has 98 valence electrons. The topological polar surface area (TPSA) is 36.4 Å². The minimum Gasteiger partial charge on any atom is -0.341 e. The standard InChI is InChI=1S/C14H21N3O/c1-16(2)13-7-10-17(11-13)14(18)4-3-12-5-8-15-9-6-12/h5-6,8-9,13H,3-4,7,10-11H2,1-2H3/t13-/m0/s1. The molecule has 2 heterocycles. The van der Waals surface area contributed by atoms with Crippen molar-refractivity contribution in [3.63, 3.8) is 0 Å². The number of likely N-dealkylation sites (N-methyl/N-ethyl adjacent to an activating group) is 1. The van der Waals surface area contributed by atoms with E-state index in [2.05, 4.69) is 24.0 Å². The van der Waals surface area contributed by atoms with E-state index < -0.39 is 0 Å². The van der Waals surface area contributed by atoms with Crippen molar-refractivity contribution in [3.05, 3.63) is 30.1 Å². The van der Waals surface area contributed by atoms with Gasteiger partial charge in [-0.1, -0.05) is 0 Å². The summed E-state index contributed by atoms with van der Waals surface area (Å²) in [5.41, 5.74) is 1.18. The molecule has 2 rings (SSSR count). The lowest BCUT2D eigenvalue weighted by Crippen LogP contribution is -2.34. The number of nitrogens with zero attached hydrogens (tertiary/aromatic N) is 3. The van der Waals surface area contributed by atoms with Gasteiger partial charge in [0.1, 0.15) is 0 Å². The molecule has 1 amide bonds. The molecule has 18 heavy (non-hydrogen) atoms. The Balaban J connectivity index is 1.79. The minimum atomic E-state index is 0.274. The Morgan fingerprint density at radius 3 is 2.78 bits per heavy atom. The Labute approximate surface area is 109 Å². The first-order valence-corrected chi connectivity index (χ1v) is 6.50. The van der Waals surface area contributed by atoms with Gasteiger partial charge in [-0.15, -0.1) is 0 Å². The highest BCUT2D eigenvalue weighted by atomic mass is 16.2. The number of carbonyl (C=O) groups is 1. The van der Waals surface area contributed by atoms with E-state index >= 15 is 0 Å². The summed E-state index contributed by atoms with van der Waals surface area (Å²) < 4.78 is 0. The van der Waals surface area contributed by atoms with E-state index in [0.29, 0.717) is 12.5 Å². The van der Waals surface area contributed by atoms with Crippen molar-refractivity contribution in [1.82, 2.24) is 14.8 Å². The molecule has 4 nitrogen and oxygen atoms in total. The maximum absolute atomic E-state index is 12.1. The fourth-order valence-corrected chi connectivity index (χ4v) is 2.35. The van der Waals surface area contributed by atoms with Crippen LogP contribution in [0.25, 0.3) is 0 Å². The number of rotatable bonds is 4. The average Bonchev–Trinajstić information content (AvgIpc) is 2.87. The van der Waals surface area contributed by atoms with Crippen molar-refractivity contribution in [3.8, 4) is 0 Å². The highest BCUT2D eigenvalue weighted by Crippen LogP contribution is 2.15. The van der Waals surface area contributed by atoms with Crippen LogP contribution in [0.15, 0.2) is 24.5 Å². The average molecular weight is 247 g/mol. The summed E-state index contributed by atoms with van der Waals surface area (Å²) in [4.78, 5) is 20.3. The number of aromatic nitrogens is 1. The van der Waals surface area contributed by atoms with Gasteiger partial charge in [0.05, 0.1) is 0 Å². The third-order valence-corrected chi connectivity index (χ3v) is 3.62. The van der Waals surface area contributed by atoms with Crippen molar-refractivity contribution in [2.45, 2.75) is 25.3 Å². The van der Waals surface area contributed by atoms with Crippen LogP contribution in [-0.2, 0) is 11.2 Å². The number of pyridine rings is 1. The smallest absolute Gasteiger partial charge is 0.222 e. The van der Waals surface area contributed by atoms with Crippen LogP contribution < -0.4 is 0 Å². The molecule has 0 unspecified atom stereocenters. The Morgan fingerprint density at radius 2 is 2.17 bits per heavy atom. The summed E-state index contributed by atoms with van der Waals surface area (Å²) in [6.07, 6.45) is 6.05. The lowest BCUT2D eigenvalue weighted by atomic mass is 10.1. The molecule has 0 aromatic carbocycles. The zero-order valence-electron chi connectivity index (χ0n) is 11.2. The van der Waals surface area contributed by atoms with Gasteiger partial charge in [0.25, 0.3) is 0 Å². The molecule has 0 aliphatic carbocycles. The van der Waals surface area contributed by atoms with Crippen LogP contribution in [0.1, 0.15) is 18.4 Å². The monoisotopic (exact) mass is 247 g/mol. The molecule has 1 aliphatic rings. The van der Waals surface area contributed by atoms with Gasteiger partial charge < -0.3 is 9.80 Å². The molecule has 1 aromatic heterocycles. The van der Waals surface area contributed by atoms with Crippen molar-refractivity contribution >= 4 is 5.91 Å². The zero-order chi connectivity index (χ0) is 13.0. The number of hydrogen-bond acceptors (Lipinski definition) is 3. The summed E-state index contributed by atoms with van der Waals surface area (Å²) in [6.45, 7) is 1.78. The number of aryl methyl sites for hydroxylation is 1. The summed E-state index contributed by atoms with van der Waals surface area (Å²) in [5, 5.41) is 0. The third kappa shape index (κ3) is 3.29. The van der Waals surface area contributed by atoms with E-state index in [1.54, 1.807) is 12.4 Å². The van der Waals surface area contributed by atoms with Crippen LogP contribution >= 0.6 is 0 Å². The van der Waals surface area contributed by atoms with Gasteiger partial charge in [-0.25, -0.2) is 0 Å². The summed E-state index contributed by atoms with van der Waals surface area (Å²) in [5.74, 6) is 0.274. The largest absolute Gasteiger partial charge is 0.341 e. The van der Waals surface area contributed by atoms with E-state index in [-0.39, 0.29) is 5.91 Å². The van der Waals surface area contributed by atoms with Gasteiger partial charge >= 0.3 is 0 Å². The van der Waals surface area contributed by atoms with E-state index in [9.17, 15) is 4.79 Å². The van der Waals surface area contributed by atoms with Crippen molar-refractivity contribution in [1.29, 1.82) is 0 Å². The van der Waals surface area contributed by atoms with E-state index in [1.165, 1.54) is 5.56 Å². The van der Waals surface area contributed by atoms with Gasteiger partial charge in [-0.05, 0) is 44.6 Å². The number of carbonyl (C=O) groups excluding carboxylic acids is 1. The van der Waals surface area contributed by atoms with Crippen LogP contribution in [0, 0.1) is 0 Å². The van der Waals surface area contributed by atoms with Gasteiger partial charge in [0, 0.05) is 37.9 Å². The molecular formula is C14H21N3O. The summed E-state index contributed by atoms with van der Waals surface area (Å²) >= 11 is 0. The van der Waals surface area contributed by atoms with Gasteiger partial charge in [-0.3, -0.25) is 9.78 Å². The van der Waals surface area contributed by atoms with Crippen LogP contribution in [0.5, 0.6) is 0 Å². The number of amides is 1. The van der Waals surface area contributed by atoms with Crippen molar-refractivity contribution in [2.24, 2.45) is 0 Å². The molecule has 1 fully saturated rings. The summed E-state index contributed by atoms with van der Waals surface area (Å²) in [6, 6.07) is 4.47. The zero-order valence-corrected chi connectivity index (χ0v) is 11.2. The Bertz CT molecular complexity index is 391. The Kier molecular flexibility index (Phi) is 4.31. The quantitative estimate of drug-likeness (QED) is 0.801. The fourth-order valence-electron chi connectivity index (χ4n) is 2.35. The first-order valence-electron chi connectivity index (χ1n) is 6.50.